The monoisotopic (exact) mass is 570 g/mol. The van der Waals surface area contributed by atoms with E-state index in [0.29, 0.717) is 58.7 Å². The fourth-order valence-corrected chi connectivity index (χ4v) is 4.16. The summed E-state index contributed by atoms with van der Waals surface area (Å²) in [6.07, 6.45) is 0. The second-order valence-electron chi connectivity index (χ2n) is 8.73. The molecule has 4 aromatic rings. The summed E-state index contributed by atoms with van der Waals surface area (Å²) >= 11 is 0. The molecule has 0 unspecified atom stereocenters. The van der Waals surface area contributed by atoms with Gasteiger partial charge in [-0.25, -0.2) is 4.79 Å². The highest BCUT2D eigenvalue weighted by molar-refractivity contribution is 5.98. The number of nitrogens with one attached hydrogen (secondary N) is 1. The Balaban J connectivity index is 1.58. The quantitative estimate of drug-likeness (QED) is 0.201. The van der Waals surface area contributed by atoms with Crippen LogP contribution in [0.5, 0.6) is 23.0 Å². The van der Waals surface area contributed by atoms with Crippen molar-refractivity contribution in [3.8, 4) is 51.5 Å². The van der Waals surface area contributed by atoms with Crippen LogP contribution in [0.25, 0.3) is 22.5 Å². The highest BCUT2D eigenvalue weighted by Crippen LogP contribution is 2.42. The predicted molar refractivity (Wildman–Crippen MR) is 155 cm³/mol. The number of ether oxygens (including phenoxy) is 5. The Bertz CT molecular complexity index is 1580. The van der Waals surface area contributed by atoms with Crippen LogP contribution in [0.15, 0.2) is 71.1 Å². The molecule has 0 aliphatic rings. The van der Waals surface area contributed by atoms with Crippen LogP contribution < -0.4 is 24.3 Å². The number of anilines is 1. The molecule has 10 nitrogen and oxygen atoms in total. The van der Waals surface area contributed by atoms with Crippen LogP contribution in [-0.4, -0.2) is 45.9 Å². The number of esters is 1. The Labute approximate surface area is 243 Å². The highest BCUT2D eigenvalue weighted by atomic mass is 16.5. The van der Waals surface area contributed by atoms with Gasteiger partial charge in [-0.3, -0.25) is 10.1 Å². The zero-order valence-corrected chi connectivity index (χ0v) is 23.7. The summed E-state index contributed by atoms with van der Waals surface area (Å²) in [6.45, 7) is 3.85. The molecule has 4 rings (SSSR count). The molecule has 0 fully saturated rings. The van der Waals surface area contributed by atoms with Gasteiger partial charge in [-0.2, -0.15) is 5.26 Å². The molecule has 216 valence electrons. The van der Waals surface area contributed by atoms with E-state index in [-0.39, 0.29) is 17.0 Å². The Kier molecular flexibility index (Phi) is 9.69. The molecule has 0 atom stereocenters. The van der Waals surface area contributed by atoms with E-state index in [9.17, 15) is 14.9 Å². The average Bonchev–Trinajstić information content (AvgIpc) is 3.38. The van der Waals surface area contributed by atoms with E-state index in [1.54, 1.807) is 68.8 Å². The van der Waals surface area contributed by atoms with E-state index in [1.165, 1.54) is 12.1 Å². The van der Waals surface area contributed by atoms with Gasteiger partial charge in [0.25, 0.3) is 5.91 Å². The lowest BCUT2D eigenvalue weighted by Crippen LogP contribution is -2.21. The minimum absolute atomic E-state index is 0.0742. The molecular formula is C32H30N2O8. The van der Waals surface area contributed by atoms with Crippen molar-refractivity contribution in [3.63, 3.8) is 0 Å². The minimum atomic E-state index is -0.730. The number of rotatable bonds is 12. The average molecular weight is 571 g/mol. The number of nitrogens with zero attached hydrogens (tertiary/aromatic N) is 1. The van der Waals surface area contributed by atoms with Gasteiger partial charge in [0.15, 0.2) is 18.1 Å². The molecule has 0 saturated carbocycles. The van der Waals surface area contributed by atoms with Crippen molar-refractivity contribution in [1.82, 2.24) is 0 Å². The van der Waals surface area contributed by atoms with Crippen molar-refractivity contribution in [2.75, 3.05) is 39.4 Å². The number of methoxy groups -OCH3 is 2. The third kappa shape index (κ3) is 6.64. The molecule has 0 bridgehead atoms. The van der Waals surface area contributed by atoms with Crippen molar-refractivity contribution >= 4 is 17.8 Å². The normalized spacial score (nSPS) is 10.4. The number of hydrogen-bond acceptors (Lipinski definition) is 9. The van der Waals surface area contributed by atoms with Gasteiger partial charge in [0.05, 0.1) is 33.0 Å². The first kappa shape index (κ1) is 29.6. The van der Waals surface area contributed by atoms with E-state index in [2.05, 4.69) is 11.4 Å². The molecule has 0 spiro atoms. The Morgan fingerprint density at radius 3 is 2.00 bits per heavy atom. The third-order valence-electron chi connectivity index (χ3n) is 6.12. The van der Waals surface area contributed by atoms with E-state index in [0.717, 1.165) is 0 Å². The number of nitriles is 1. The van der Waals surface area contributed by atoms with Crippen LogP contribution in [0.1, 0.15) is 29.8 Å². The zero-order valence-electron chi connectivity index (χ0n) is 23.7. The van der Waals surface area contributed by atoms with Gasteiger partial charge in [-0.05, 0) is 74.0 Å². The molecule has 3 aromatic carbocycles. The second-order valence-corrected chi connectivity index (χ2v) is 8.73. The number of furan rings is 1. The largest absolute Gasteiger partial charge is 0.497 e. The maximum absolute atomic E-state index is 12.9. The molecule has 0 radical (unpaired) electrons. The van der Waals surface area contributed by atoms with Gasteiger partial charge < -0.3 is 28.1 Å². The van der Waals surface area contributed by atoms with Crippen LogP contribution in [0.4, 0.5) is 5.88 Å². The molecule has 0 aliphatic carbocycles. The maximum atomic E-state index is 12.9. The molecule has 1 amide bonds. The molecular weight excluding hydrogens is 540 g/mol. The lowest BCUT2D eigenvalue weighted by molar-refractivity contribution is -0.119. The summed E-state index contributed by atoms with van der Waals surface area (Å²) in [5.41, 5.74) is 2.11. The fraction of sp³-hybridized carbons (Fsp3) is 0.219. The van der Waals surface area contributed by atoms with E-state index < -0.39 is 18.5 Å². The summed E-state index contributed by atoms with van der Waals surface area (Å²) in [5, 5.41) is 12.7. The van der Waals surface area contributed by atoms with E-state index >= 15 is 0 Å². The topological polar surface area (TPSA) is 129 Å². The van der Waals surface area contributed by atoms with Crippen molar-refractivity contribution in [1.29, 1.82) is 5.26 Å². The highest BCUT2D eigenvalue weighted by Gasteiger charge is 2.25. The Morgan fingerprint density at radius 2 is 1.43 bits per heavy atom. The van der Waals surface area contributed by atoms with Crippen molar-refractivity contribution in [2.45, 2.75) is 13.8 Å². The maximum Gasteiger partial charge on any atom is 0.338 e. The molecule has 1 aromatic heterocycles. The van der Waals surface area contributed by atoms with Crippen molar-refractivity contribution in [3.05, 3.63) is 77.9 Å². The Hall–Kier alpha value is -5.43. The molecule has 0 aliphatic heterocycles. The van der Waals surface area contributed by atoms with Crippen LogP contribution in [0, 0.1) is 11.3 Å². The lowest BCUT2D eigenvalue weighted by Gasteiger charge is -2.12. The van der Waals surface area contributed by atoms with Crippen LogP contribution in [0.2, 0.25) is 0 Å². The second kappa shape index (κ2) is 13.8. The smallest absolute Gasteiger partial charge is 0.338 e. The summed E-state index contributed by atoms with van der Waals surface area (Å²) in [5.74, 6) is 1.05. The third-order valence-corrected chi connectivity index (χ3v) is 6.12. The first-order chi connectivity index (χ1) is 20.4. The standard InChI is InChI=1S/C32H30N2O8/c1-5-39-26-16-11-22(17-27(26)40-6-2)32(36)41-19-28(35)34-31-25(18-33)29(20-7-12-23(37-3)13-8-20)30(42-31)21-9-14-24(38-4)15-10-21/h7-17H,5-6,19H2,1-4H3,(H,34,35). The van der Waals surface area contributed by atoms with E-state index in [4.69, 9.17) is 28.1 Å². The van der Waals surface area contributed by atoms with Gasteiger partial charge in [0, 0.05) is 11.1 Å². The van der Waals surface area contributed by atoms with E-state index in [1.807, 2.05) is 13.8 Å². The van der Waals surface area contributed by atoms with Gasteiger partial charge in [-0.1, -0.05) is 12.1 Å². The lowest BCUT2D eigenvalue weighted by atomic mass is 9.98. The van der Waals surface area contributed by atoms with Crippen molar-refractivity contribution < 1.29 is 37.7 Å². The first-order valence-electron chi connectivity index (χ1n) is 13.1. The van der Waals surface area contributed by atoms with Gasteiger partial charge >= 0.3 is 5.97 Å². The number of amides is 1. The number of benzene rings is 3. The molecule has 10 heteroatoms. The molecule has 0 saturated heterocycles. The van der Waals surface area contributed by atoms with Crippen molar-refractivity contribution in [2.24, 2.45) is 0 Å². The molecule has 42 heavy (non-hydrogen) atoms. The van der Waals surface area contributed by atoms with Gasteiger partial charge in [-0.15, -0.1) is 0 Å². The summed E-state index contributed by atoms with van der Waals surface area (Å²) in [6, 6.07) is 21.0. The Morgan fingerprint density at radius 1 is 0.833 bits per heavy atom. The minimum Gasteiger partial charge on any atom is -0.497 e. The predicted octanol–water partition coefficient (Wildman–Crippen LogP) is 6.10. The van der Waals surface area contributed by atoms with Crippen LogP contribution >= 0.6 is 0 Å². The summed E-state index contributed by atoms with van der Waals surface area (Å²) < 4.78 is 32.9. The zero-order chi connectivity index (χ0) is 30.1. The fourth-order valence-electron chi connectivity index (χ4n) is 4.16. The number of hydrogen-bond donors (Lipinski definition) is 1. The number of carbonyl (C=O) groups excluding carboxylic acids is 2. The molecule has 1 heterocycles. The number of carbonyl (C=O) groups is 2. The SMILES string of the molecule is CCOc1ccc(C(=O)OCC(=O)Nc2oc(-c3ccc(OC)cc3)c(-c3ccc(OC)cc3)c2C#N)cc1OCC. The molecule has 1 N–H and O–H groups in total. The van der Waals surface area contributed by atoms with Crippen LogP contribution in [-0.2, 0) is 9.53 Å². The van der Waals surface area contributed by atoms with Gasteiger partial charge in [0.2, 0.25) is 5.88 Å². The van der Waals surface area contributed by atoms with Gasteiger partial charge in [0.1, 0.15) is 28.9 Å². The van der Waals surface area contributed by atoms with Crippen LogP contribution in [0.3, 0.4) is 0 Å². The first-order valence-corrected chi connectivity index (χ1v) is 13.1. The summed E-state index contributed by atoms with van der Waals surface area (Å²) in [7, 11) is 3.12. The summed E-state index contributed by atoms with van der Waals surface area (Å²) in [4.78, 5) is 25.5.